The summed E-state index contributed by atoms with van der Waals surface area (Å²) in [6.45, 7) is 5.75. The van der Waals surface area contributed by atoms with Crippen molar-refractivity contribution in [2.24, 2.45) is 5.92 Å². The second kappa shape index (κ2) is 15.8. The van der Waals surface area contributed by atoms with Crippen LogP contribution in [0, 0.1) is 5.92 Å². The predicted molar refractivity (Wildman–Crippen MR) is 99.6 cm³/mol. The average Bonchev–Trinajstić information content (AvgIpc) is 2.60. The third-order valence-electron chi connectivity index (χ3n) is 4.23. The van der Waals surface area contributed by atoms with Gasteiger partial charge in [-0.2, -0.15) is 0 Å². The van der Waals surface area contributed by atoms with Gasteiger partial charge in [-0.25, -0.2) is 4.79 Å². The molecular weight excluding hydrogens is 336 g/mol. The van der Waals surface area contributed by atoms with Crippen molar-refractivity contribution >= 4 is 17.7 Å². The van der Waals surface area contributed by atoms with E-state index in [4.69, 9.17) is 9.47 Å². The van der Waals surface area contributed by atoms with Crippen molar-refractivity contribution in [2.75, 3.05) is 13.2 Å². The lowest BCUT2D eigenvalue weighted by atomic mass is 9.98. The fraction of sp³-hybridized carbons (Fsp3) is 0.850. The topological polar surface area (TPSA) is 89.9 Å². The largest absolute Gasteiger partial charge is 0.465 e. The fourth-order valence-electron chi connectivity index (χ4n) is 2.59. The first-order valence-electron chi connectivity index (χ1n) is 9.97. The van der Waals surface area contributed by atoms with Crippen LogP contribution in [-0.4, -0.2) is 42.1 Å². The maximum absolute atomic E-state index is 12.1. The molecule has 0 aliphatic carbocycles. The summed E-state index contributed by atoms with van der Waals surface area (Å²) < 4.78 is 10.0. The van der Waals surface area contributed by atoms with Gasteiger partial charge in [-0.1, -0.05) is 65.2 Å². The third-order valence-corrected chi connectivity index (χ3v) is 4.23. The van der Waals surface area contributed by atoms with Crippen LogP contribution in [0.4, 0.5) is 0 Å². The van der Waals surface area contributed by atoms with Crippen LogP contribution in [-0.2, 0) is 23.9 Å². The molecule has 0 bridgehead atoms. The number of unbranched alkanes of at least 4 members (excludes halogenated alkanes) is 8. The second-order valence-electron chi connectivity index (χ2n) is 6.70. The van der Waals surface area contributed by atoms with Crippen molar-refractivity contribution in [1.29, 1.82) is 0 Å². The number of hydrogen-bond donors (Lipinski definition) is 1. The van der Waals surface area contributed by atoms with Gasteiger partial charge in [-0.05, 0) is 19.8 Å². The Morgan fingerprint density at radius 1 is 0.731 bits per heavy atom. The standard InChI is InChI=1S/C20H36O6/c1-4-6-8-10-12-14-25-19(23)17(16(3)21)18(22)20(24)26-15-13-11-9-7-5-2/h17-18,22H,4-15H2,1-3H3/t17?,18-/m0/s1. The number of carbonyl (C=O) groups excluding carboxylic acids is 3. The van der Waals surface area contributed by atoms with Gasteiger partial charge in [0.15, 0.2) is 12.0 Å². The lowest BCUT2D eigenvalue weighted by Gasteiger charge is -2.18. The molecule has 6 nitrogen and oxygen atoms in total. The summed E-state index contributed by atoms with van der Waals surface area (Å²) in [4.78, 5) is 35.6. The van der Waals surface area contributed by atoms with E-state index in [0.29, 0.717) is 12.8 Å². The Morgan fingerprint density at radius 2 is 1.15 bits per heavy atom. The fourth-order valence-corrected chi connectivity index (χ4v) is 2.59. The number of aliphatic hydroxyl groups excluding tert-OH is 1. The number of aliphatic hydroxyl groups is 1. The first-order valence-corrected chi connectivity index (χ1v) is 9.97. The van der Waals surface area contributed by atoms with Gasteiger partial charge < -0.3 is 14.6 Å². The van der Waals surface area contributed by atoms with Crippen LogP contribution in [0.5, 0.6) is 0 Å². The maximum Gasteiger partial charge on any atom is 0.336 e. The van der Waals surface area contributed by atoms with Crippen LogP contribution in [0.15, 0.2) is 0 Å². The highest BCUT2D eigenvalue weighted by atomic mass is 16.6. The molecule has 2 atom stereocenters. The van der Waals surface area contributed by atoms with Gasteiger partial charge >= 0.3 is 11.9 Å². The quantitative estimate of drug-likeness (QED) is 0.253. The SMILES string of the molecule is CCCCCCCOC(=O)C(C(C)=O)[C@H](O)C(=O)OCCCCCCC. The molecule has 0 saturated carbocycles. The molecule has 0 aromatic carbocycles. The zero-order valence-electron chi connectivity index (χ0n) is 16.6. The number of ether oxygens (including phenoxy) is 2. The maximum atomic E-state index is 12.1. The molecule has 0 rings (SSSR count). The summed E-state index contributed by atoms with van der Waals surface area (Å²) in [5.74, 6) is -3.92. The lowest BCUT2D eigenvalue weighted by Crippen LogP contribution is -2.41. The Balaban J connectivity index is 4.24. The number of rotatable bonds is 16. The predicted octanol–water partition coefficient (Wildman–Crippen LogP) is 3.58. The highest BCUT2D eigenvalue weighted by Gasteiger charge is 2.38. The van der Waals surface area contributed by atoms with E-state index in [2.05, 4.69) is 13.8 Å². The van der Waals surface area contributed by atoms with Crippen LogP contribution < -0.4 is 0 Å². The number of carbonyl (C=O) groups is 3. The number of ketones is 1. The lowest BCUT2D eigenvalue weighted by molar-refractivity contribution is -0.169. The van der Waals surface area contributed by atoms with Crippen molar-refractivity contribution in [1.82, 2.24) is 0 Å². The van der Waals surface area contributed by atoms with Gasteiger partial charge in [0.25, 0.3) is 0 Å². The molecule has 0 radical (unpaired) electrons. The molecule has 0 amide bonds. The van der Waals surface area contributed by atoms with E-state index in [-0.39, 0.29) is 13.2 Å². The van der Waals surface area contributed by atoms with Crippen molar-refractivity contribution in [3.8, 4) is 0 Å². The van der Waals surface area contributed by atoms with E-state index in [1.807, 2.05) is 0 Å². The number of esters is 2. The van der Waals surface area contributed by atoms with E-state index in [0.717, 1.165) is 58.3 Å². The number of Topliss-reactive ketones (excluding diaryl/α,β-unsaturated/α-hetero) is 1. The summed E-state index contributed by atoms with van der Waals surface area (Å²) in [6, 6.07) is 0. The molecule has 0 saturated heterocycles. The highest BCUT2D eigenvalue weighted by molar-refractivity contribution is 6.02. The molecule has 0 aromatic rings. The van der Waals surface area contributed by atoms with Crippen LogP contribution in [0.2, 0.25) is 0 Å². The third kappa shape index (κ3) is 11.2. The minimum Gasteiger partial charge on any atom is -0.465 e. The van der Waals surface area contributed by atoms with Crippen molar-refractivity contribution in [3.63, 3.8) is 0 Å². The summed E-state index contributed by atoms with van der Waals surface area (Å²) in [6.07, 6.45) is 8.12. The Kier molecular flexibility index (Phi) is 14.9. The van der Waals surface area contributed by atoms with Gasteiger partial charge in [0, 0.05) is 0 Å². The Morgan fingerprint density at radius 3 is 1.58 bits per heavy atom. The summed E-state index contributed by atoms with van der Waals surface area (Å²) in [5.41, 5.74) is 0. The molecule has 1 unspecified atom stereocenters. The molecule has 152 valence electrons. The first kappa shape index (κ1) is 24.6. The summed E-state index contributed by atoms with van der Waals surface area (Å²) in [5, 5.41) is 10.0. The van der Waals surface area contributed by atoms with Gasteiger partial charge in [0.05, 0.1) is 13.2 Å². The van der Waals surface area contributed by atoms with Crippen LogP contribution in [0.3, 0.4) is 0 Å². The van der Waals surface area contributed by atoms with E-state index >= 15 is 0 Å². The molecule has 1 N–H and O–H groups in total. The highest BCUT2D eigenvalue weighted by Crippen LogP contribution is 2.12. The molecule has 6 heteroatoms. The van der Waals surface area contributed by atoms with Gasteiger partial charge in [0.2, 0.25) is 0 Å². The smallest absolute Gasteiger partial charge is 0.336 e. The van der Waals surface area contributed by atoms with Gasteiger partial charge in [-0.3, -0.25) is 9.59 Å². The molecule has 0 aliphatic heterocycles. The van der Waals surface area contributed by atoms with Gasteiger partial charge in [-0.15, -0.1) is 0 Å². The van der Waals surface area contributed by atoms with Crippen LogP contribution >= 0.6 is 0 Å². The summed E-state index contributed by atoms with van der Waals surface area (Å²) in [7, 11) is 0. The molecule has 0 fully saturated rings. The van der Waals surface area contributed by atoms with E-state index in [1.54, 1.807) is 0 Å². The minimum absolute atomic E-state index is 0.177. The van der Waals surface area contributed by atoms with Gasteiger partial charge in [0.1, 0.15) is 5.78 Å². The molecule has 0 aromatic heterocycles. The van der Waals surface area contributed by atoms with E-state index < -0.39 is 29.7 Å². The monoisotopic (exact) mass is 372 g/mol. The van der Waals surface area contributed by atoms with Crippen LogP contribution in [0.25, 0.3) is 0 Å². The zero-order chi connectivity index (χ0) is 19.8. The average molecular weight is 373 g/mol. The van der Waals surface area contributed by atoms with Crippen molar-refractivity contribution < 1.29 is 29.0 Å². The number of hydrogen-bond acceptors (Lipinski definition) is 6. The van der Waals surface area contributed by atoms with E-state index in [1.165, 1.54) is 0 Å². The Bertz CT molecular complexity index is 407. The second-order valence-corrected chi connectivity index (χ2v) is 6.70. The zero-order valence-corrected chi connectivity index (χ0v) is 16.6. The molecular formula is C20H36O6. The molecule has 0 spiro atoms. The van der Waals surface area contributed by atoms with Crippen molar-refractivity contribution in [3.05, 3.63) is 0 Å². The Hall–Kier alpha value is -1.43. The van der Waals surface area contributed by atoms with E-state index in [9.17, 15) is 19.5 Å². The first-order chi connectivity index (χ1) is 12.5. The Labute approximate surface area is 157 Å². The molecule has 0 aliphatic rings. The van der Waals surface area contributed by atoms with Crippen molar-refractivity contribution in [2.45, 2.75) is 91.1 Å². The normalized spacial score (nSPS) is 13.1. The molecule has 26 heavy (non-hydrogen) atoms. The minimum atomic E-state index is -1.81. The summed E-state index contributed by atoms with van der Waals surface area (Å²) >= 11 is 0. The van der Waals surface area contributed by atoms with Crippen LogP contribution in [0.1, 0.15) is 85.0 Å². The molecule has 0 heterocycles.